The first-order valence-corrected chi connectivity index (χ1v) is 7.15. The summed E-state index contributed by atoms with van der Waals surface area (Å²) >= 11 is 0. The number of carbonyl (C=O) groups is 2. The molecule has 6 nitrogen and oxygen atoms in total. The lowest BCUT2D eigenvalue weighted by Crippen LogP contribution is -2.24. The van der Waals surface area contributed by atoms with Gasteiger partial charge in [0.25, 0.3) is 5.91 Å². The van der Waals surface area contributed by atoms with E-state index in [-0.39, 0.29) is 0 Å². The van der Waals surface area contributed by atoms with Crippen LogP contribution in [0.15, 0.2) is 60.7 Å². The fourth-order valence-corrected chi connectivity index (χ4v) is 2.09. The number of hydrogen-bond donors (Lipinski definition) is 1. The van der Waals surface area contributed by atoms with E-state index >= 15 is 0 Å². The number of anilines is 2. The first-order valence-electron chi connectivity index (χ1n) is 7.15. The molecular weight excluding hydrogens is 308 g/mol. The summed E-state index contributed by atoms with van der Waals surface area (Å²) in [6, 6.07) is 14.0. The summed E-state index contributed by atoms with van der Waals surface area (Å²) in [7, 11) is 3.13. The van der Waals surface area contributed by atoms with Crippen molar-refractivity contribution >= 4 is 23.2 Å². The van der Waals surface area contributed by atoms with E-state index in [9.17, 15) is 9.59 Å². The first-order chi connectivity index (χ1) is 11.5. The van der Waals surface area contributed by atoms with Gasteiger partial charge in [-0.15, -0.1) is 0 Å². The lowest BCUT2D eigenvalue weighted by molar-refractivity contribution is -0.115. The molecule has 0 saturated heterocycles. The molecule has 0 saturated carbocycles. The molecule has 2 aromatic rings. The number of methoxy groups -OCH3 is 2. The molecule has 124 valence electrons. The molecule has 0 radical (unpaired) electrons. The lowest BCUT2D eigenvalue weighted by atomic mass is 10.2. The van der Waals surface area contributed by atoms with Crippen LogP contribution in [-0.2, 0) is 9.59 Å². The maximum absolute atomic E-state index is 12.5. The number of rotatable bonds is 6. The highest BCUT2D eigenvalue weighted by Crippen LogP contribution is 2.29. The Labute approximate surface area is 140 Å². The highest BCUT2D eigenvalue weighted by Gasteiger charge is 2.16. The van der Waals surface area contributed by atoms with Gasteiger partial charge in [-0.25, -0.2) is 0 Å². The van der Waals surface area contributed by atoms with E-state index < -0.39 is 11.8 Å². The molecule has 6 heteroatoms. The Hall–Kier alpha value is -3.28. The molecule has 0 atom stereocenters. The van der Waals surface area contributed by atoms with E-state index in [1.54, 1.807) is 62.8 Å². The third kappa shape index (κ3) is 4.13. The molecule has 0 aromatic heterocycles. The van der Waals surface area contributed by atoms with E-state index in [4.69, 9.17) is 15.2 Å². The predicted molar refractivity (Wildman–Crippen MR) is 91.5 cm³/mol. The van der Waals surface area contributed by atoms with Crippen molar-refractivity contribution in [3.8, 4) is 11.5 Å². The Balaban J connectivity index is 2.42. The topological polar surface area (TPSA) is 81.9 Å². The second-order valence-corrected chi connectivity index (χ2v) is 4.81. The molecule has 0 aliphatic heterocycles. The van der Waals surface area contributed by atoms with Crippen LogP contribution in [0.25, 0.3) is 0 Å². The van der Waals surface area contributed by atoms with Crippen molar-refractivity contribution < 1.29 is 19.1 Å². The highest BCUT2D eigenvalue weighted by molar-refractivity contribution is 6.09. The Bertz CT molecular complexity index is 689. The zero-order valence-corrected chi connectivity index (χ0v) is 13.4. The molecule has 0 bridgehead atoms. The van der Waals surface area contributed by atoms with Crippen LogP contribution in [0.1, 0.15) is 0 Å². The van der Waals surface area contributed by atoms with Gasteiger partial charge in [-0.1, -0.05) is 0 Å². The Morgan fingerprint density at radius 2 is 1.25 bits per heavy atom. The van der Waals surface area contributed by atoms with E-state index in [2.05, 4.69) is 0 Å². The van der Waals surface area contributed by atoms with Crippen LogP contribution in [0.2, 0.25) is 0 Å². The smallest absolute Gasteiger partial charge is 0.255 e. The third-order valence-corrected chi connectivity index (χ3v) is 3.27. The zero-order chi connectivity index (χ0) is 17.5. The first kappa shape index (κ1) is 17.1. The van der Waals surface area contributed by atoms with E-state index in [1.807, 2.05) is 0 Å². The van der Waals surface area contributed by atoms with E-state index in [0.29, 0.717) is 22.9 Å². The molecule has 0 unspecified atom stereocenters. The molecule has 0 fully saturated rings. The van der Waals surface area contributed by atoms with Crippen molar-refractivity contribution in [3.05, 3.63) is 60.7 Å². The summed E-state index contributed by atoms with van der Waals surface area (Å²) in [6.07, 6.45) is 2.17. The fraction of sp³-hybridized carbons (Fsp3) is 0.111. The number of ether oxygens (including phenoxy) is 2. The van der Waals surface area contributed by atoms with Gasteiger partial charge in [0.05, 0.1) is 14.2 Å². The number of hydrogen-bond acceptors (Lipinski definition) is 4. The molecule has 0 heterocycles. The van der Waals surface area contributed by atoms with Gasteiger partial charge in [-0.05, 0) is 48.5 Å². The number of amides is 2. The van der Waals surface area contributed by atoms with Gasteiger partial charge in [0.1, 0.15) is 11.5 Å². The molecule has 2 rings (SSSR count). The maximum Gasteiger partial charge on any atom is 0.255 e. The van der Waals surface area contributed by atoms with Crippen LogP contribution in [0, 0.1) is 0 Å². The van der Waals surface area contributed by atoms with Crippen molar-refractivity contribution in [3.63, 3.8) is 0 Å². The van der Waals surface area contributed by atoms with Crippen molar-refractivity contribution in [1.29, 1.82) is 0 Å². The van der Waals surface area contributed by atoms with E-state index in [0.717, 1.165) is 12.2 Å². The van der Waals surface area contributed by atoms with Gasteiger partial charge >= 0.3 is 0 Å². The van der Waals surface area contributed by atoms with Crippen LogP contribution in [0.5, 0.6) is 11.5 Å². The standard InChI is InChI=1S/C18H18N2O4/c1-23-15-7-3-13(4-8-15)20(18(22)12-11-17(19)21)14-5-9-16(24-2)10-6-14/h3-12H,1-2H3,(H2,19,21)/b12-11-. The summed E-state index contributed by atoms with van der Waals surface area (Å²) in [4.78, 5) is 24.9. The lowest BCUT2D eigenvalue weighted by Gasteiger charge is -2.22. The zero-order valence-electron chi connectivity index (χ0n) is 13.4. The monoisotopic (exact) mass is 326 g/mol. The van der Waals surface area contributed by atoms with Crippen LogP contribution < -0.4 is 20.1 Å². The minimum absolute atomic E-state index is 0.399. The van der Waals surface area contributed by atoms with Gasteiger partial charge in [0, 0.05) is 23.5 Å². The second-order valence-electron chi connectivity index (χ2n) is 4.81. The number of primary amides is 1. The fourth-order valence-electron chi connectivity index (χ4n) is 2.09. The molecular formula is C18H18N2O4. The second kappa shape index (κ2) is 7.82. The summed E-state index contributed by atoms with van der Waals surface area (Å²) in [6.45, 7) is 0. The summed E-state index contributed by atoms with van der Waals surface area (Å²) < 4.78 is 10.3. The number of benzene rings is 2. The molecule has 2 N–H and O–H groups in total. The average Bonchev–Trinajstić information content (AvgIpc) is 2.61. The molecule has 0 spiro atoms. The Kier molecular flexibility index (Phi) is 5.57. The molecule has 0 aliphatic rings. The summed E-state index contributed by atoms with van der Waals surface area (Å²) in [5, 5.41) is 0. The summed E-state index contributed by atoms with van der Waals surface area (Å²) in [5.74, 6) is 0.263. The van der Waals surface area contributed by atoms with Crippen molar-refractivity contribution in [1.82, 2.24) is 0 Å². The van der Waals surface area contributed by atoms with Crippen LogP contribution in [0.3, 0.4) is 0 Å². The predicted octanol–water partition coefficient (Wildman–Crippen LogP) is 2.41. The maximum atomic E-state index is 12.5. The number of carbonyl (C=O) groups excluding carboxylic acids is 2. The molecule has 2 amide bonds. The summed E-state index contributed by atoms with van der Waals surface area (Å²) in [5.41, 5.74) is 6.31. The Morgan fingerprint density at radius 3 is 1.58 bits per heavy atom. The van der Waals surface area contributed by atoms with Gasteiger partial charge in [-0.3, -0.25) is 14.5 Å². The number of nitrogens with zero attached hydrogens (tertiary/aromatic N) is 1. The van der Waals surface area contributed by atoms with Crippen LogP contribution in [-0.4, -0.2) is 26.0 Å². The molecule has 0 aliphatic carbocycles. The SMILES string of the molecule is COc1ccc(N(C(=O)/C=C\C(N)=O)c2ccc(OC)cc2)cc1. The van der Waals surface area contributed by atoms with Crippen molar-refractivity contribution in [2.75, 3.05) is 19.1 Å². The molecule has 24 heavy (non-hydrogen) atoms. The number of nitrogens with two attached hydrogens (primary N) is 1. The highest BCUT2D eigenvalue weighted by atomic mass is 16.5. The van der Waals surface area contributed by atoms with Gasteiger partial charge in [0.15, 0.2) is 0 Å². The van der Waals surface area contributed by atoms with Gasteiger partial charge < -0.3 is 15.2 Å². The molecule has 2 aromatic carbocycles. The van der Waals surface area contributed by atoms with Crippen LogP contribution in [0.4, 0.5) is 11.4 Å². The van der Waals surface area contributed by atoms with Crippen molar-refractivity contribution in [2.45, 2.75) is 0 Å². The quantitative estimate of drug-likeness (QED) is 0.827. The Morgan fingerprint density at radius 1 is 0.833 bits per heavy atom. The minimum atomic E-state index is -0.687. The minimum Gasteiger partial charge on any atom is -0.497 e. The van der Waals surface area contributed by atoms with Crippen molar-refractivity contribution in [2.24, 2.45) is 5.73 Å². The van der Waals surface area contributed by atoms with Crippen LogP contribution >= 0.6 is 0 Å². The van der Waals surface area contributed by atoms with Gasteiger partial charge in [-0.2, -0.15) is 0 Å². The largest absolute Gasteiger partial charge is 0.497 e. The van der Waals surface area contributed by atoms with Gasteiger partial charge in [0.2, 0.25) is 5.91 Å². The average molecular weight is 326 g/mol. The van der Waals surface area contributed by atoms with E-state index in [1.165, 1.54) is 4.90 Å². The normalized spacial score (nSPS) is 10.4. The third-order valence-electron chi connectivity index (χ3n) is 3.27.